The second kappa shape index (κ2) is 4.22. The lowest BCUT2D eigenvalue weighted by atomic mass is 10.1. The normalized spacial score (nSPS) is 10.9. The molecule has 0 fully saturated rings. The van der Waals surface area contributed by atoms with Gasteiger partial charge in [0.2, 0.25) is 0 Å². The van der Waals surface area contributed by atoms with E-state index in [1.54, 1.807) is 0 Å². The minimum absolute atomic E-state index is 0.779. The average molecular weight is 237 g/mol. The van der Waals surface area contributed by atoms with Crippen LogP contribution in [0.3, 0.4) is 0 Å². The SMILES string of the molecule is C=C(CC)Oc1cccc2c1[nH]c1ccccc12. The number of hydrogen-bond donors (Lipinski definition) is 1. The molecule has 3 aromatic rings. The summed E-state index contributed by atoms with van der Waals surface area (Å²) in [7, 11) is 0. The smallest absolute Gasteiger partial charge is 0.150 e. The summed E-state index contributed by atoms with van der Waals surface area (Å²) < 4.78 is 5.78. The predicted octanol–water partition coefficient (Wildman–Crippen LogP) is 4.62. The Balaban J connectivity index is 2.24. The maximum absolute atomic E-state index is 5.78. The fraction of sp³-hybridized carbons (Fsp3) is 0.125. The van der Waals surface area contributed by atoms with Crippen molar-refractivity contribution in [2.45, 2.75) is 13.3 Å². The van der Waals surface area contributed by atoms with Crippen molar-refractivity contribution >= 4 is 21.8 Å². The topological polar surface area (TPSA) is 25.0 Å². The van der Waals surface area contributed by atoms with E-state index in [1.807, 2.05) is 31.2 Å². The van der Waals surface area contributed by atoms with Crippen molar-refractivity contribution in [3.8, 4) is 5.75 Å². The first-order chi connectivity index (χ1) is 8.79. The van der Waals surface area contributed by atoms with Gasteiger partial charge in [0.15, 0.2) is 5.75 Å². The van der Waals surface area contributed by atoms with Crippen LogP contribution in [0, 0.1) is 0 Å². The van der Waals surface area contributed by atoms with Gasteiger partial charge in [0.1, 0.15) is 0 Å². The van der Waals surface area contributed by atoms with E-state index in [0.717, 1.165) is 29.0 Å². The van der Waals surface area contributed by atoms with E-state index in [4.69, 9.17) is 4.74 Å². The second-order valence-electron chi connectivity index (χ2n) is 4.34. The quantitative estimate of drug-likeness (QED) is 0.660. The summed E-state index contributed by atoms with van der Waals surface area (Å²) in [6.07, 6.45) is 0.816. The monoisotopic (exact) mass is 237 g/mol. The molecule has 0 aliphatic carbocycles. The summed E-state index contributed by atoms with van der Waals surface area (Å²) >= 11 is 0. The number of fused-ring (bicyclic) bond motifs is 3. The number of rotatable bonds is 3. The maximum atomic E-state index is 5.78. The van der Waals surface area contributed by atoms with Crippen LogP contribution in [0.25, 0.3) is 21.8 Å². The van der Waals surface area contributed by atoms with E-state index in [0.29, 0.717) is 0 Å². The highest BCUT2D eigenvalue weighted by Gasteiger charge is 2.08. The number of H-pyrrole nitrogens is 1. The summed E-state index contributed by atoms with van der Waals surface area (Å²) in [4.78, 5) is 3.41. The minimum atomic E-state index is 0.779. The number of aromatic amines is 1. The Morgan fingerprint density at radius 3 is 2.72 bits per heavy atom. The van der Waals surface area contributed by atoms with Gasteiger partial charge in [0, 0.05) is 22.7 Å². The van der Waals surface area contributed by atoms with Gasteiger partial charge in [0.25, 0.3) is 0 Å². The first-order valence-electron chi connectivity index (χ1n) is 6.14. The molecule has 0 amide bonds. The largest absolute Gasteiger partial charge is 0.460 e. The number of hydrogen-bond acceptors (Lipinski definition) is 1. The summed E-state index contributed by atoms with van der Waals surface area (Å²) in [5.41, 5.74) is 2.17. The number of aromatic nitrogens is 1. The minimum Gasteiger partial charge on any atom is -0.460 e. The number of allylic oxidation sites excluding steroid dienone is 1. The maximum Gasteiger partial charge on any atom is 0.150 e. The highest BCUT2D eigenvalue weighted by Crippen LogP contribution is 2.32. The van der Waals surface area contributed by atoms with E-state index >= 15 is 0 Å². The molecule has 0 aliphatic rings. The molecule has 2 nitrogen and oxygen atoms in total. The third-order valence-corrected chi connectivity index (χ3v) is 3.15. The van der Waals surface area contributed by atoms with E-state index in [9.17, 15) is 0 Å². The Hall–Kier alpha value is -2.22. The Morgan fingerprint density at radius 1 is 1.11 bits per heavy atom. The number of benzene rings is 2. The Kier molecular flexibility index (Phi) is 2.56. The Morgan fingerprint density at radius 2 is 1.89 bits per heavy atom. The fourth-order valence-corrected chi connectivity index (χ4v) is 2.16. The van der Waals surface area contributed by atoms with Crippen LogP contribution < -0.4 is 4.74 Å². The lowest BCUT2D eigenvalue weighted by molar-refractivity contribution is 0.416. The van der Waals surface area contributed by atoms with Crippen LogP contribution in [-0.2, 0) is 0 Å². The van der Waals surface area contributed by atoms with E-state index < -0.39 is 0 Å². The third-order valence-electron chi connectivity index (χ3n) is 3.15. The molecule has 1 heterocycles. The standard InChI is InChI=1S/C16H15NO/c1-3-11(2)18-15-10-6-8-13-12-7-4-5-9-14(12)17-16(13)15/h4-10,17H,2-3H2,1H3. The van der Waals surface area contributed by atoms with Gasteiger partial charge in [-0.25, -0.2) is 0 Å². The first kappa shape index (κ1) is 10.9. The summed E-state index contributed by atoms with van der Waals surface area (Å²) in [5.74, 6) is 1.62. The lowest BCUT2D eigenvalue weighted by Gasteiger charge is -2.07. The molecule has 0 spiro atoms. The van der Waals surface area contributed by atoms with Crippen molar-refractivity contribution in [3.05, 3.63) is 54.8 Å². The van der Waals surface area contributed by atoms with Crippen molar-refractivity contribution in [1.29, 1.82) is 0 Å². The predicted molar refractivity (Wildman–Crippen MR) is 75.9 cm³/mol. The highest BCUT2D eigenvalue weighted by atomic mass is 16.5. The van der Waals surface area contributed by atoms with Crippen molar-refractivity contribution < 1.29 is 4.74 Å². The lowest BCUT2D eigenvalue weighted by Crippen LogP contribution is -1.92. The van der Waals surface area contributed by atoms with Gasteiger partial charge in [-0.2, -0.15) is 0 Å². The zero-order valence-corrected chi connectivity index (χ0v) is 10.4. The van der Waals surface area contributed by atoms with Gasteiger partial charge in [-0.05, 0) is 12.1 Å². The van der Waals surface area contributed by atoms with Gasteiger partial charge in [0.05, 0.1) is 11.3 Å². The zero-order valence-electron chi connectivity index (χ0n) is 10.4. The molecular weight excluding hydrogens is 222 g/mol. The van der Waals surface area contributed by atoms with E-state index in [2.05, 4.69) is 29.8 Å². The van der Waals surface area contributed by atoms with Crippen LogP contribution >= 0.6 is 0 Å². The second-order valence-corrected chi connectivity index (χ2v) is 4.34. The number of para-hydroxylation sites is 2. The van der Waals surface area contributed by atoms with Crippen LogP contribution in [-0.4, -0.2) is 4.98 Å². The van der Waals surface area contributed by atoms with Crippen molar-refractivity contribution in [2.24, 2.45) is 0 Å². The molecule has 0 unspecified atom stereocenters. The Labute approximate surface area is 106 Å². The summed E-state index contributed by atoms with van der Waals surface area (Å²) in [6.45, 7) is 5.93. The molecule has 0 saturated carbocycles. The molecule has 0 bridgehead atoms. The average Bonchev–Trinajstić information content (AvgIpc) is 2.78. The molecule has 2 aromatic carbocycles. The van der Waals surface area contributed by atoms with Gasteiger partial charge in [-0.1, -0.05) is 43.8 Å². The van der Waals surface area contributed by atoms with Gasteiger partial charge in [-0.3, -0.25) is 0 Å². The number of nitrogens with one attached hydrogen (secondary N) is 1. The highest BCUT2D eigenvalue weighted by molar-refractivity contribution is 6.09. The van der Waals surface area contributed by atoms with E-state index in [-0.39, 0.29) is 0 Å². The van der Waals surface area contributed by atoms with Gasteiger partial charge in [-0.15, -0.1) is 0 Å². The van der Waals surface area contributed by atoms with Crippen LogP contribution in [0.4, 0.5) is 0 Å². The van der Waals surface area contributed by atoms with Crippen LogP contribution in [0.2, 0.25) is 0 Å². The van der Waals surface area contributed by atoms with Gasteiger partial charge < -0.3 is 9.72 Å². The van der Waals surface area contributed by atoms with Crippen molar-refractivity contribution in [2.75, 3.05) is 0 Å². The van der Waals surface area contributed by atoms with Crippen LogP contribution in [0.5, 0.6) is 5.75 Å². The molecule has 0 aliphatic heterocycles. The first-order valence-corrected chi connectivity index (χ1v) is 6.14. The molecule has 0 atom stereocenters. The molecule has 0 saturated heterocycles. The van der Waals surface area contributed by atoms with E-state index in [1.165, 1.54) is 10.8 Å². The zero-order chi connectivity index (χ0) is 12.5. The summed E-state index contributed by atoms with van der Waals surface area (Å²) in [5, 5.41) is 2.41. The van der Waals surface area contributed by atoms with Crippen molar-refractivity contribution in [1.82, 2.24) is 4.98 Å². The molecule has 3 rings (SSSR count). The van der Waals surface area contributed by atoms with Crippen molar-refractivity contribution in [3.63, 3.8) is 0 Å². The third kappa shape index (κ3) is 1.66. The molecule has 1 N–H and O–H groups in total. The molecule has 18 heavy (non-hydrogen) atoms. The molecular formula is C16H15NO. The Bertz CT molecular complexity index is 724. The fourth-order valence-electron chi connectivity index (χ4n) is 2.16. The number of ether oxygens (including phenoxy) is 1. The summed E-state index contributed by atoms with van der Waals surface area (Å²) in [6, 6.07) is 14.4. The van der Waals surface area contributed by atoms with Crippen LogP contribution in [0.15, 0.2) is 54.8 Å². The molecule has 1 aromatic heterocycles. The van der Waals surface area contributed by atoms with Crippen LogP contribution in [0.1, 0.15) is 13.3 Å². The molecule has 0 radical (unpaired) electrons. The molecule has 90 valence electrons. The van der Waals surface area contributed by atoms with Gasteiger partial charge >= 0.3 is 0 Å². The molecule has 2 heteroatoms.